The zero-order chi connectivity index (χ0) is 18.9. The van der Waals surface area contributed by atoms with Crippen molar-refractivity contribution < 1.29 is 18.3 Å². The first kappa shape index (κ1) is 17.8. The summed E-state index contributed by atoms with van der Waals surface area (Å²) in [6.07, 6.45) is 1.13. The SMILES string of the molecule is CS(=O)(=O)c1ccc(-c2cc(C(=O)O)nn2-c2ccc(CN)cc2)cc1. The van der Waals surface area contributed by atoms with Crippen molar-refractivity contribution in [2.45, 2.75) is 11.4 Å². The van der Waals surface area contributed by atoms with Gasteiger partial charge in [0.1, 0.15) is 0 Å². The highest BCUT2D eigenvalue weighted by atomic mass is 32.2. The molecule has 0 saturated heterocycles. The number of carbonyl (C=O) groups is 1. The van der Waals surface area contributed by atoms with Crippen LogP contribution >= 0.6 is 0 Å². The number of sulfone groups is 1. The van der Waals surface area contributed by atoms with Crippen LogP contribution in [0, 0.1) is 0 Å². The van der Waals surface area contributed by atoms with E-state index in [-0.39, 0.29) is 10.6 Å². The van der Waals surface area contributed by atoms with E-state index < -0.39 is 15.8 Å². The molecule has 3 N–H and O–H groups in total. The van der Waals surface area contributed by atoms with Gasteiger partial charge >= 0.3 is 5.97 Å². The number of hydrogen-bond acceptors (Lipinski definition) is 5. The minimum Gasteiger partial charge on any atom is -0.476 e. The van der Waals surface area contributed by atoms with Crippen molar-refractivity contribution in [3.8, 4) is 16.9 Å². The van der Waals surface area contributed by atoms with E-state index in [0.29, 0.717) is 23.5 Å². The number of carboxylic acids is 1. The van der Waals surface area contributed by atoms with Gasteiger partial charge in [0.05, 0.1) is 16.3 Å². The van der Waals surface area contributed by atoms with E-state index in [1.807, 2.05) is 12.1 Å². The van der Waals surface area contributed by atoms with E-state index in [9.17, 15) is 18.3 Å². The Morgan fingerprint density at radius 1 is 1.12 bits per heavy atom. The lowest BCUT2D eigenvalue weighted by molar-refractivity contribution is 0.0690. The predicted molar refractivity (Wildman–Crippen MR) is 97.0 cm³/mol. The average molecular weight is 371 g/mol. The van der Waals surface area contributed by atoms with E-state index in [2.05, 4.69) is 5.10 Å². The first-order valence-corrected chi connectivity index (χ1v) is 9.62. The molecule has 0 atom stereocenters. The molecule has 1 aromatic heterocycles. The third kappa shape index (κ3) is 3.51. The summed E-state index contributed by atoms with van der Waals surface area (Å²) in [6.45, 7) is 0.402. The van der Waals surface area contributed by atoms with Gasteiger partial charge in [-0.05, 0) is 35.9 Å². The van der Waals surface area contributed by atoms with E-state index in [0.717, 1.165) is 11.8 Å². The molecular weight excluding hydrogens is 354 g/mol. The lowest BCUT2D eigenvalue weighted by atomic mass is 10.1. The molecule has 0 bridgehead atoms. The highest BCUT2D eigenvalue weighted by molar-refractivity contribution is 7.90. The van der Waals surface area contributed by atoms with Gasteiger partial charge in [-0.3, -0.25) is 0 Å². The largest absolute Gasteiger partial charge is 0.476 e. The molecule has 0 unspecified atom stereocenters. The van der Waals surface area contributed by atoms with Gasteiger partial charge in [-0.15, -0.1) is 0 Å². The lowest BCUT2D eigenvalue weighted by Crippen LogP contribution is -2.03. The van der Waals surface area contributed by atoms with E-state index >= 15 is 0 Å². The molecule has 8 heteroatoms. The number of rotatable bonds is 5. The van der Waals surface area contributed by atoms with Crippen molar-refractivity contribution in [2.75, 3.05) is 6.26 Å². The van der Waals surface area contributed by atoms with Crippen molar-refractivity contribution in [1.29, 1.82) is 0 Å². The van der Waals surface area contributed by atoms with Crippen LogP contribution in [0.25, 0.3) is 16.9 Å². The van der Waals surface area contributed by atoms with Gasteiger partial charge in [0.25, 0.3) is 0 Å². The van der Waals surface area contributed by atoms with Gasteiger partial charge in [-0.25, -0.2) is 17.9 Å². The topological polar surface area (TPSA) is 115 Å². The number of nitrogens with two attached hydrogens (primary N) is 1. The molecule has 0 amide bonds. The van der Waals surface area contributed by atoms with Crippen molar-refractivity contribution in [1.82, 2.24) is 9.78 Å². The smallest absolute Gasteiger partial charge is 0.356 e. The first-order valence-electron chi connectivity index (χ1n) is 7.73. The Morgan fingerprint density at radius 2 is 1.73 bits per heavy atom. The van der Waals surface area contributed by atoms with Crippen molar-refractivity contribution in [3.63, 3.8) is 0 Å². The Bertz CT molecular complexity index is 1050. The standard InChI is InChI=1S/C18H17N3O4S/c1-26(24,25)15-8-4-13(5-9-15)17-10-16(18(22)23)20-21(17)14-6-2-12(11-19)3-7-14/h2-10H,11,19H2,1H3,(H,22,23). The number of carboxylic acid groups (broad SMARTS) is 1. The number of nitrogens with zero attached hydrogens (tertiary/aromatic N) is 2. The zero-order valence-electron chi connectivity index (χ0n) is 14.0. The van der Waals surface area contributed by atoms with Crippen LogP contribution in [0.1, 0.15) is 16.1 Å². The fraction of sp³-hybridized carbons (Fsp3) is 0.111. The maximum absolute atomic E-state index is 11.6. The minimum absolute atomic E-state index is 0.102. The number of benzene rings is 2. The monoisotopic (exact) mass is 371 g/mol. The molecule has 0 aliphatic carbocycles. The van der Waals surface area contributed by atoms with Crippen molar-refractivity contribution in [2.24, 2.45) is 5.73 Å². The van der Waals surface area contributed by atoms with Crippen LogP contribution in [0.2, 0.25) is 0 Å². The first-order chi connectivity index (χ1) is 12.3. The highest BCUT2D eigenvalue weighted by Gasteiger charge is 2.16. The van der Waals surface area contributed by atoms with E-state index in [4.69, 9.17) is 5.73 Å². The van der Waals surface area contributed by atoms with Crippen LogP contribution in [-0.4, -0.2) is 35.5 Å². The van der Waals surface area contributed by atoms with E-state index in [1.165, 1.54) is 22.9 Å². The molecule has 7 nitrogen and oxygen atoms in total. The molecule has 3 aromatic rings. The van der Waals surface area contributed by atoms with Crippen LogP contribution in [0.5, 0.6) is 0 Å². The number of aromatic nitrogens is 2. The quantitative estimate of drug-likeness (QED) is 0.710. The second-order valence-corrected chi connectivity index (χ2v) is 7.81. The molecule has 0 aliphatic heterocycles. The molecule has 0 spiro atoms. The molecule has 0 fully saturated rings. The molecule has 0 saturated carbocycles. The summed E-state index contributed by atoms with van der Waals surface area (Å²) in [7, 11) is -3.31. The fourth-order valence-electron chi connectivity index (χ4n) is 2.53. The van der Waals surface area contributed by atoms with Crippen molar-refractivity contribution >= 4 is 15.8 Å². The molecule has 3 rings (SSSR count). The normalized spacial score (nSPS) is 11.5. The fourth-order valence-corrected chi connectivity index (χ4v) is 3.16. The summed E-state index contributed by atoms with van der Waals surface area (Å²) in [5, 5.41) is 13.4. The Morgan fingerprint density at radius 3 is 2.23 bits per heavy atom. The predicted octanol–water partition coefficient (Wildman–Crippen LogP) is 2.10. The summed E-state index contributed by atoms with van der Waals surface area (Å²) >= 11 is 0. The molecular formula is C18H17N3O4S. The van der Waals surface area contributed by atoms with Gasteiger partial charge in [0, 0.05) is 18.4 Å². The van der Waals surface area contributed by atoms with Crippen LogP contribution in [-0.2, 0) is 16.4 Å². The van der Waals surface area contributed by atoms with Crippen LogP contribution in [0.4, 0.5) is 0 Å². The molecule has 134 valence electrons. The van der Waals surface area contributed by atoms with Gasteiger partial charge < -0.3 is 10.8 Å². The maximum Gasteiger partial charge on any atom is 0.356 e. The maximum atomic E-state index is 11.6. The summed E-state index contributed by atoms with van der Waals surface area (Å²) in [4.78, 5) is 11.5. The Kier molecular flexibility index (Phi) is 4.62. The minimum atomic E-state index is -3.31. The number of hydrogen-bond donors (Lipinski definition) is 2. The average Bonchev–Trinajstić information content (AvgIpc) is 3.07. The molecule has 1 heterocycles. The van der Waals surface area contributed by atoms with Gasteiger partial charge in [0.2, 0.25) is 0 Å². The molecule has 0 aliphatic rings. The highest BCUT2D eigenvalue weighted by Crippen LogP contribution is 2.25. The Hall–Kier alpha value is -2.97. The van der Waals surface area contributed by atoms with E-state index in [1.54, 1.807) is 24.3 Å². The molecule has 2 aromatic carbocycles. The third-order valence-corrected chi connectivity index (χ3v) is 5.05. The van der Waals surface area contributed by atoms with Crippen LogP contribution < -0.4 is 5.73 Å². The summed E-state index contributed by atoms with van der Waals surface area (Å²) in [5.41, 5.74) is 8.32. The zero-order valence-corrected chi connectivity index (χ0v) is 14.8. The van der Waals surface area contributed by atoms with Crippen LogP contribution in [0.15, 0.2) is 59.5 Å². The second kappa shape index (κ2) is 6.74. The van der Waals surface area contributed by atoms with Gasteiger partial charge in [0.15, 0.2) is 15.5 Å². The van der Waals surface area contributed by atoms with Gasteiger partial charge in [-0.2, -0.15) is 5.10 Å². The third-order valence-electron chi connectivity index (χ3n) is 3.92. The molecule has 26 heavy (non-hydrogen) atoms. The summed E-state index contributed by atoms with van der Waals surface area (Å²) in [5.74, 6) is -1.14. The van der Waals surface area contributed by atoms with Crippen LogP contribution in [0.3, 0.4) is 0 Å². The summed E-state index contributed by atoms with van der Waals surface area (Å²) in [6, 6.07) is 15.0. The summed E-state index contributed by atoms with van der Waals surface area (Å²) < 4.78 is 24.7. The number of aromatic carboxylic acids is 1. The van der Waals surface area contributed by atoms with Crippen molar-refractivity contribution in [3.05, 3.63) is 65.9 Å². The molecule has 0 radical (unpaired) electrons. The lowest BCUT2D eigenvalue weighted by Gasteiger charge is -2.09. The van der Waals surface area contributed by atoms with Gasteiger partial charge in [-0.1, -0.05) is 24.3 Å². The Balaban J connectivity index is 2.12. The Labute approximate surface area is 150 Å². The second-order valence-electron chi connectivity index (χ2n) is 5.80.